The molecule has 3 heteroatoms. The molecule has 112 valence electrons. The third-order valence-corrected chi connectivity index (χ3v) is 3.94. The molecule has 0 unspecified atom stereocenters. The molecule has 0 saturated heterocycles. The van der Waals surface area contributed by atoms with E-state index in [1.165, 1.54) is 17.7 Å². The quantitative estimate of drug-likeness (QED) is 0.535. The second kappa shape index (κ2) is 5.69. The fourth-order valence-corrected chi connectivity index (χ4v) is 2.87. The van der Waals surface area contributed by atoms with Gasteiger partial charge in [0.2, 0.25) is 0 Å². The lowest BCUT2D eigenvalue weighted by Crippen LogP contribution is -1.96. The second-order valence-electron chi connectivity index (χ2n) is 5.51. The predicted octanol–water partition coefficient (Wildman–Crippen LogP) is 4.73. The number of fused-ring (bicyclic) bond motifs is 1. The molecule has 0 N–H and O–H groups in total. The van der Waals surface area contributed by atoms with E-state index in [1.54, 1.807) is 6.07 Å². The van der Waals surface area contributed by atoms with Gasteiger partial charge in [-0.05, 0) is 29.8 Å². The van der Waals surface area contributed by atoms with E-state index in [9.17, 15) is 4.39 Å². The zero-order valence-corrected chi connectivity index (χ0v) is 12.5. The molecule has 2 nitrogen and oxygen atoms in total. The van der Waals surface area contributed by atoms with E-state index in [1.807, 2.05) is 48.7 Å². The van der Waals surface area contributed by atoms with E-state index in [2.05, 4.69) is 16.5 Å². The Kier molecular flexibility index (Phi) is 3.39. The van der Waals surface area contributed by atoms with E-state index in [4.69, 9.17) is 4.98 Å². The van der Waals surface area contributed by atoms with Crippen LogP contribution in [0, 0.1) is 5.82 Å². The van der Waals surface area contributed by atoms with Crippen LogP contribution < -0.4 is 0 Å². The molecule has 0 radical (unpaired) electrons. The molecular formula is C20H15FN2. The average Bonchev–Trinajstić information content (AvgIpc) is 2.95. The second-order valence-corrected chi connectivity index (χ2v) is 5.51. The molecule has 0 aliphatic heterocycles. The van der Waals surface area contributed by atoms with Gasteiger partial charge in [-0.25, -0.2) is 9.37 Å². The Morgan fingerprint density at radius 3 is 2.52 bits per heavy atom. The van der Waals surface area contributed by atoms with Crippen molar-refractivity contribution in [1.82, 2.24) is 9.38 Å². The van der Waals surface area contributed by atoms with Gasteiger partial charge in [0.1, 0.15) is 11.5 Å². The van der Waals surface area contributed by atoms with Crippen LogP contribution in [0.25, 0.3) is 16.9 Å². The first-order valence-corrected chi connectivity index (χ1v) is 7.57. The zero-order chi connectivity index (χ0) is 15.6. The lowest BCUT2D eigenvalue weighted by molar-refractivity contribution is 0.628. The van der Waals surface area contributed by atoms with Crippen LogP contribution >= 0.6 is 0 Å². The number of benzene rings is 2. The minimum Gasteiger partial charge on any atom is -0.303 e. The Balaban J connectivity index is 1.91. The lowest BCUT2D eigenvalue weighted by Gasteiger charge is -2.06. The van der Waals surface area contributed by atoms with Crippen LogP contribution in [0.5, 0.6) is 0 Å². The van der Waals surface area contributed by atoms with Crippen molar-refractivity contribution in [2.75, 3.05) is 0 Å². The number of aromatic nitrogens is 2. The molecule has 2 heterocycles. The van der Waals surface area contributed by atoms with Gasteiger partial charge in [-0.15, -0.1) is 0 Å². The van der Waals surface area contributed by atoms with E-state index in [0.717, 1.165) is 29.0 Å². The average molecular weight is 302 g/mol. The van der Waals surface area contributed by atoms with Crippen molar-refractivity contribution in [2.45, 2.75) is 6.42 Å². The summed E-state index contributed by atoms with van der Waals surface area (Å²) >= 11 is 0. The molecule has 2 aromatic carbocycles. The highest BCUT2D eigenvalue weighted by Gasteiger charge is 2.14. The van der Waals surface area contributed by atoms with E-state index in [0.29, 0.717) is 0 Å². The summed E-state index contributed by atoms with van der Waals surface area (Å²) in [6, 6.07) is 22.8. The van der Waals surface area contributed by atoms with Crippen molar-refractivity contribution < 1.29 is 4.39 Å². The summed E-state index contributed by atoms with van der Waals surface area (Å²) in [5, 5.41) is 0. The Morgan fingerprint density at radius 1 is 0.870 bits per heavy atom. The standard InChI is InChI=1S/C20H15FN2/c21-17-10-6-9-16(14-17)20-18(13-15-7-2-1-3-8-15)23-12-5-4-11-19(23)22-20/h1-12,14H,13H2. The molecule has 0 bridgehead atoms. The largest absolute Gasteiger partial charge is 0.303 e. The molecule has 0 fully saturated rings. The number of rotatable bonds is 3. The van der Waals surface area contributed by atoms with Crippen molar-refractivity contribution in [3.63, 3.8) is 0 Å². The van der Waals surface area contributed by atoms with Gasteiger partial charge in [-0.1, -0.05) is 48.5 Å². The third-order valence-electron chi connectivity index (χ3n) is 3.94. The monoisotopic (exact) mass is 302 g/mol. The summed E-state index contributed by atoms with van der Waals surface area (Å²) in [4.78, 5) is 4.72. The Labute approximate surface area is 133 Å². The maximum absolute atomic E-state index is 13.6. The van der Waals surface area contributed by atoms with Crippen LogP contribution in [0.3, 0.4) is 0 Å². The van der Waals surface area contributed by atoms with Gasteiger partial charge in [0.15, 0.2) is 0 Å². The molecule has 0 aliphatic carbocycles. The number of nitrogens with zero attached hydrogens (tertiary/aromatic N) is 2. The molecular weight excluding hydrogens is 287 g/mol. The van der Waals surface area contributed by atoms with Crippen molar-refractivity contribution in [3.8, 4) is 11.3 Å². The highest BCUT2D eigenvalue weighted by molar-refractivity contribution is 5.67. The first-order chi connectivity index (χ1) is 11.3. The molecule has 2 aromatic heterocycles. The fraction of sp³-hybridized carbons (Fsp3) is 0.0500. The molecule has 0 aliphatic rings. The topological polar surface area (TPSA) is 17.3 Å². The van der Waals surface area contributed by atoms with Gasteiger partial charge in [-0.2, -0.15) is 0 Å². The molecule has 4 rings (SSSR count). The lowest BCUT2D eigenvalue weighted by atomic mass is 10.0. The van der Waals surface area contributed by atoms with Gasteiger partial charge >= 0.3 is 0 Å². The maximum atomic E-state index is 13.6. The summed E-state index contributed by atoms with van der Waals surface area (Å²) in [5.41, 5.74) is 4.78. The molecule has 0 saturated carbocycles. The summed E-state index contributed by atoms with van der Waals surface area (Å²) in [5.74, 6) is -0.245. The van der Waals surface area contributed by atoms with Gasteiger partial charge < -0.3 is 4.40 Å². The smallest absolute Gasteiger partial charge is 0.137 e. The van der Waals surface area contributed by atoms with E-state index in [-0.39, 0.29) is 5.82 Å². The highest BCUT2D eigenvalue weighted by atomic mass is 19.1. The predicted molar refractivity (Wildman–Crippen MR) is 89.8 cm³/mol. The molecule has 0 amide bonds. The van der Waals surface area contributed by atoms with Crippen LogP contribution in [0.4, 0.5) is 4.39 Å². The van der Waals surface area contributed by atoms with E-state index >= 15 is 0 Å². The number of hydrogen-bond acceptors (Lipinski definition) is 1. The van der Waals surface area contributed by atoms with E-state index < -0.39 is 0 Å². The zero-order valence-electron chi connectivity index (χ0n) is 12.5. The van der Waals surface area contributed by atoms with Crippen LogP contribution in [0.2, 0.25) is 0 Å². The van der Waals surface area contributed by atoms with Crippen LogP contribution in [-0.4, -0.2) is 9.38 Å². The number of halogens is 1. The van der Waals surface area contributed by atoms with Gasteiger partial charge in [-0.3, -0.25) is 0 Å². The first-order valence-electron chi connectivity index (χ1n) is 7.57. The van der Waals surface area contributed by atoms with Crippen LogP contribution in [0.15, 0.2) is 79.0 Å². The SMILES string of the molecule is Fc1cccc(-c2nc3ccccn3c2Cc2ccccc2)c1. The summed E-state index contributed by atoms with van der Waals surface area (Å²) < 4.78 is 15.7. The summed E-state index contributed by atoms with van der Waals surface area (Å²) in [6.07, 6.45) is 2.75. The molecule has 4 aromatic rings. The van der Waals surface area contributed by atoms with Crippen molar-refractivity contribution in [2.24, 2.45) is 0 Å². The number of imidazole rings is 1. The number of pyridine rings is 1. The van der Waals surface area contributed by atoms with Gasteiger partial charge in [0, 0.05) is 18.2 Å². The minimum atomic E-state index is -0.245. The summed E-state index contributed by atoms with van der Waals surface area (Å²) in [6.45, 7) is 0. The van der Waals surface area contributed by atoms with Crippen molar-refractivity contribution in [3.05, 3.63) is 96.1 Å². The minimum absolute atomic E-state index is 0.245. The Morgan fingerprint density at radius 2 is 1.70 bits per heavy atom. The van der Waals surface area contributed by atoms with Crippen molar-refractivity contribution >= 4 is 5.65 Å². The van der Waals surface area contributed by atoms with Gasteiger partial charge in [0.25, 0.3) is 0 Å². The Bertz CT molecular complexity index is 958. The van der Waals surface area contributed by atoms with Crippen LogP contribution in [-0.2, 0) is 6.42 Å². The molecule has 23 heavy (non-hydrogen) atoms. The van der Waals surface area contributed by atoms with Crippen molar-refractivity contribution in [1.29, 1.82) is 0 Å². The maximum Gasteiger partial charge on any atom is 0.137 e. The molecule has 0 atom stereocenters. The normalized spacial score (nSPS) is 11.0. The highest BCUT2D eigenvalue weighted by Crippen LogP contribution is 2.27. The first kappa shape index (κ1) is 13.7. The van der Waals surface area contributed by atoms with Crippen LogP contribution in [0.1, 0.15) is 11.3 Å². The fourth-order valence-electron chi connectivity index (χ4n) is 2.87. The summed E-state index contributed by atoms with van der Waals surface area (Å²) in [7, 11) is 0. The molecule has 0 spiro atoms. The Hall–Kier alpha value is -2.94. The van der Waals surface area contributed by atoms with Gasteiger partial charge in [0.05, 0.1) is 11.4 Å². The third kappa shape index (κ3) is 2.61. The number of hydrogen-bond donors (Lipinski definition) is 0.